The average molecular weight is 190 g/mol. The molecule has 6 nitrogen and oxygen atoms in total. The maximum atomic E-state index is 11.2. The van der Waals surface area contributed by atoms with Crippen LogP contribution >= 0.6 is 0 Å². The van der Waals surface area contributed by atoms with E-state index in [0.29, 0.717) is 25.7 Å². The molecule has 0 aromatic carbocycles. The SMILES string of the molecule is O=C1NS(=O)(=O)N2CCNC[C]12. The van der Waals surface area contributed by atoms with Crippen LogP contribution in [0.4, 0.5) is 0 Å². The van der Waals surface area contributed by atoms with Gasteiger partial charge in [0.15, 0.2) is 6.04 Å². The Morgan fingerprint density at radius 1 is 1.42 bits per heavy atom. The summed E-state index contributed by atoms with van der Waals surface area (Å²) in [5, 5.41) is 2.92. The molecule has 2 fully saturated rings. The summed E-state index contributed by atoms with van der Waals surface area (Å²) in [4.78, 5) is 11.0. The third kappa shape index (κ3) is 1.01. The first kappa shape index (κ1) is 7.96. The van der Waals surface area contributed by atoms with Crippen molar-refractivity contribution < 1.29 is 13.2 Å². The minimum atomic E-state index is -3.54. The molecule has 12 heavy (non-hydrogen) atoms. The Bertz CT molecular complexity index is 312. The minimum Gasteiger partial charge on any atom is -0.313 e. The van der Waals surface area contributed by atoms with E-state index in [0.717, 1.165) is 4.31 Å². The fourth-order valence-electron chi connectivity index (χ4n) is 1.30. The molecule has 2 N–H and O–H groups in total. The summed E-state index contributed by atoms with van der Waals surface area (Å²) in [6.07, 6.45) is 0. The summed E-state index contributed by atoms with van der Waals surface area (Å²) in [6, 6.07) is 0.293. The van der Waals surface area contributed by atoms with E-state index < -0.39 is 16.1 Å². The fourth-order valence-corrected chi connectivity index (χ4v) is 2.53. The van der Waals surface area contributed by atoms with Crippen molar-refractivity contribution in [2.75, 3.05) is 19.6 Å². The molecule has 0 aliphatic carbocycles. The molecule has 7 heteroatoms. The van der Waals surface area contributed by atoms with Crippen molar-refractivity contribution in [2.45, 2.75) is 0 Å². The van der Waals surface area contributed by atoms with Crippen LogP contribution in [0.2, 0.25) is 0 Å². The second-order valence-corrected chi connectivity index (χ2v) is 4.23. The van der Waals surface area contributed by atoms with Crippen LogP contribution in [0.5, 0.6) is 0 Å². The Hall–Kier alpha value is -0.660. The van der Waals surface area contributed by atoms with Crippen molar-refractivity contribution in [3.63, 3.8) is 0 Å². The summed E-state index contributed by atoms with van der Waals surface area (Å²) in [5.41, 5.74) is 0. The van der Waals surface area contributed by atoms with E-state index in [4.69, 9.17) is 0 Å². The number of hydrogen-bond acceptors (Lipinski definition) is 4. The Morgan fingerprint density at radius 3 is 2.83 bits per heavy atom. The van der Waals surface area contributed by atoms with Gasteiger partial charge in [-0.3, -0.25) is 4.79 Å². The molecule has 0 spiro atoms. The highest BCUT2D eigenvalue weighted by Crippen LogP contribution is 2.21. The number of hydrogen-bond donors (Lipinski definition) is 2. The van der Waals surface area contributed by atoms with Gasteiger partial charge in [0, 0.05) is 19.6 Å². The predicted molar refractivity (Wildman–Crippen MR) is 39.9 cm³/mol. The first-order valence-electron chi connectivity index (χ1n) is 3.52. The lowest BCUT2D eigenvalue weighted by atomic mass is 10.2. The maximum absolute atomic E-state index is 11.2. The van der Waals surface area contributed by atoms with Gasteiger partial charge in [-0.05, 0) is 0 Å². The molecule has 2 aliphatic heterocycles. The molecular weight excluding hydrogens is 182 g/mol. The summed E-state index contributed by atoms with van der Waals surface area (Å²) in [7, 11) is -3.54. The largest absolute Gasteiger partial charge is 0.313 e. The zero-order valence-electron chi connectivity index (χ0n) is 6.20. The van der Waals surface area contributed by atoms with Gasteiger partial charge in [-0.15, -0.1) is 0 Å². The molecule has 0 saturated carbocycles. The quantitative estimate of drug-likeness (QED) is 0.454. The van der Waals surface area contributed by atoms with Crippen molar-refractivity contribution in [1.82, 2.24) is 14.3 Å². The summed E-state index contributed by atoms with van der Waals surface area (Å²) >= 11 is 0. The molecule has 67 valence electrons. The molecule has 2 heterocycles. The molecule has 0 atom stereocenters. The van der Waals surface area contributed by atoms with E-state index in [1.165, 1.54) is 0 Å². The van der Waals surface area contributed by atoms with Gasteiger partial charge in [-0.2, -0.15) is 12.7 Å². The number of nitrogens with one attached hydrogen (secondary N) is 2. The van der Waals surface area contributed by atoms with E-state index in [2.05, 4.69) is 5.32 Å². The number of carbonyl (C=O) groups is 1. The summed E-state index contributed by atoms with van der Waals surface area (Å²) in [5.74, 6) is -0.512. The average Bonchev–Trinajstić information content (AvgIpc) is 2.25. The lowest BCUT2D eigenvalue weighted by molar-refractivity contribution is -0.118. The Morgan fingerprint density at radius 2 is 2.17 bits per heavy atom. The highest BCUT2D eigenvalue weighted by molar-refractivity contribution is 7.88. The predicted octanol–water partition coefficient (Wildman–Crippen LogP) is -2.20. The van der Waals surface area contributed by atoms with Gasteiger partial charge in [0.05, 0.1) is 0 Å². The molecule has 0 aromatic heterocycles. The smallest absolute Gasteiger partial charge is 0.305 e. The number of piperazine rings is 1. The second-order valence-electron chi connectivity index (χ2n) is 2.63. The Kier molecular flexibility index (Phi) is 1.60. The van der Waals surface area contributed by atoms with E-state index in [-0.39, 0.29) is 0 Å². The maximum Gasteiger partial charge on any atom is 0.305 e. The first-order chi connectivity index (χ1) is 5.61. The van der Waals surface area contributed by atoms with Gasteiger partial charge in [0.2, 0.25) is 0 Å². The fraction of sp³-hybridized carbons (Fsp3) is 0.600. The Balaban J connectivity index is 2.34. The third-order valence-corrected chi connectivity index (χ3v) is 3.29. The van der Waals surface area contributed by atoms with Crippen molar-refractivity contribution >= 4 is 16.1 Å². The number of carbonyl (C=O) groups excluding carboxylic acids is 1. The molecule has 0 bridgehead atoms. The molecule has 0 unspecified atom stereocenters. The van der Waals surface area contributed by atoms with Crippen molar-refractivity contribution in [2.24, 2.45) is 0 Å². The van der Waals surface area contributed by atoms with Gasteiger partial charge >= 0.3 is 10.2 Å². The van der Waals surface area contributed by atoms with Crippen LogP contribution in [0.15, 0.2) is 0 Å². The lowest BCUT2D eigenvalue weighted by Gasteiger charge is -2.24. The van der Waals surface area contributed by atoms with Gasteiger partial charge in [-0.25, -0.2) is 4.72 Å². The molecular formula is C5H8N3O3S. The second kappa shape index (κ2) is 2.41. The first-order valence-corrected chi connectivity index (χ1v) is 4.96. The highest BCUT2D eigenvalue weighted by Gasteiger charge is 2.45. The van der Waals surface area contributed by atoms with Crippen LogP contribution in [0.3, 0.4) is 0 Å². The van der Waals surface area contributed by atoms with Crippen LogP contribution in [0, 0.1) is 6.04 Å². The van der Waals surface area contributed by atoms with Crippen molar-refractivity contribution in [1.29, 1.82) is 0 Å². The van der Waals surface area contributed by atoms with Crippen molar-refractivity contribution in [3.8, 4) is 0 Å². The summed E-state index contributed by atoms with van der Waals surface area (Å²) in [6.45, 7) is 1.24. The van der Waals surface area contributed by atoms with Gasteiger partial charge in [-0.1, -0.05) is 0 Å². The number of amides is 1. The zero-order valence-corrected chi connectivity index (χ0v) is 7.02. The molecule has 2 aliphatic rings. The van der Waals surface area contributed by atoms with Crippen LogP contribution < -0.4 is 10.0 Å². The molecule has 2 saturated heterocycles. The molecule has 1 radical (unpaired) electrons. The summed E-state index contributed by atoms with van der Waals surface area (Å²) < 4.78 is 25.3. The molecule has 1 amide bonds. The van der Waals surface area contributed by atoms with Crippen LogP contribution in [-0.4, -0.2) is 38.3 Å². The lowest BCUT2D eigenvalue weighted by Crippen LogP contribution is -2.46. The van der Waals surface area contributed by atoms with Gasteiger partial charge in [0.1, 0.15) is 0 Å². The molecule has 0 aromatic rings. The van der Waals surface area contributed by atoms with Gasteiger partial charge < -0.3 is 5.32 Å². The van der Waals surface area contributed by atoms with Gasteiger partial charge in [0.25, 0.3) is 5.91 Å². The van der Waals surface area contributed by atoms with Crippen molar-refractivity contribution in [3.05, 3.63) is 6.04 Å². The van der Waals surface area contributed by atoms with E-state index in [1.807, 2.05) is 4.72 Å². The van der Waals surface area contributed by atoms with Crippen LogP contribution in [-0.2, 0) is 15.0 Å². The van der Waals surface area contributed by atoms with E-state index in [1.54, 1.807) is 0 Å². The van der Waals surface area contributed by atoms with E-state index in [9.17, 15) is 13.2 Å². The minimum absolute atomic E-state index is 0.293. The Labute approximate surface area is 70.1 Å². The van der Waals surface area contributed by atoms with Crippen LogP contribution in [0.25, 0.3) is 0 Å². The van der Waals surface area contributed by atoms with Crippen LogP contribution in [0.1, 0.15) is 0 Å². The standard InChI is InChI=1S/C5H8N3O3S/c9-5-4-3-6-1-2-8(4)12(10,11)7-5/h6H,1-3H2,(H,7,9). The molecule has 2 rings (SSSR count). The topological polar surface area (TPSA) is 78.5 Å². The monoisotopic (exact) mass is 190 g/mol. The van der Waals surface area contributed by atoms with E-state index >= 15 is 0 Å². The number of nitrogens with zero attached hydrogens (tertiary/aromatic N) is 1. The number of rotatable bonds is 0. The third-order valence-electron chi connectivity index (χ3n) is 1.86. The zero-order chi connectivity index (χ0) is 8.77. The highest BCUT2D eigenvalue weighted by atomic mass is 32.2. The number of fused-ring (bicyclic) bond motifs is 1. The normalized spacial score (nSPS) is 29.8.